The Labute approximate surface area is 95.5 Å². The molecule has 0 radical (unpaired) electrons. The van der Waals surface area contributed by atoms with Gasteiger partial charge in [0, 0.05) is 12.6 Å². The van der Waals surface area contributed by atoms with Crippen LogP contribution in [-0.4, -0.2) is 32.0 Å². The molecule has 16 heavy (non-hydrogen) atoms. The first-order valence-electron chi connectivity index (χ1n) is 5.87. The van der Waals surface area contributed by atoms with Crippen molar-refractivity contribution in [1.29, 1.82) is 0 Å². The van der Waals surface area contributed by atoms with Gasteiger partial charge in [0.05, 0.1) is 0 Å². The molecule has 0 spiro atoms. The summed E-state index contributed by atoms with van der Waals surface area (Å²) in [7, 11) is 0. The Morgan fingerprint density at radius 1 is 1.25 bits per heavy atom. The van der Waals surface area contributed by atoms with Crippen LogP contribution >= 0.6 is 0 Å². The van der Waals surface area contributed by atoms with Crippen molar-refractivity contribution < 1.29 is 17.9 Å². The highest BCUT2D eigenvalue weighted by atomic mass is 19.4. The first kappa shape index (κ1) is 15.7. The molecule has 1 unspecified atom stereocenters. The van der Waals surface area contributed by atoms with Crippen molar-refractivity contribution in [2.75, 3.05) is 19.8 Å². The average molecular weight is 241 g/mol. The third kappa shape index (κ3) is 10.2. The second-order valence-electron chi connectivity index (χ2n) is 3.87. The van der Waals surface area contributed by atoms with Gasteiger partial charge in [-0.05, 0) is 25.8 Å². The van der Waals surface area contributed by atoms with E-state index in [1.165, 1.54) is 0 Å². The largest absolute Gasteiger partial charge is 0.411 e. The Bertz CT molecular complexity index is 162. The summed E-state index contributed by atoms with van der Waals surface area (Å²) in [6.45, 7) is 3.97. The van der Waals surface area contributed by atoms with E-state index >= 15 is 0 Å². The number of rotatable bonds is 9. The summed E-state index contributed by atoms with van der Waals surface area (Å²) in [5.74, 6) is 0. The van der Waals surface area contributed by atoms with Crippen LogP contribution in [0.1, 0.15) is 39.5 Å². The second kappa shape index (κ2) is 8.82. The zero-order chi connectivity index (χ0) is 12.4. The number of ether oxygens (including phenoxy) is 1. The lowest BCUT2D eigenvalue weighted by Gasteiger charge is -2.15. The average Bonchev–Trinajstić information content (AvgIpc) is 2.20. The van der Waals surface area contributed by atoms with Crippen LogP contribution in [0.4, 0.5) is 13.2 Å². The van der Waals surface area contributed by atoms with E-state index in [1.54, 1.807) is 0 Å². The molecule has 2 nitrogen and oxygen atoms in total. The van der Waals surface area contributed by atoms with E-state index in [-0.39, 0.29) is 6.61 Å². The summed E-state index contributed by atoms with van der Waals surface area (Å²) in [5.41, 5.74) is 0. The lowest BCUT2D eigenvalue weighted by molar-refractivity contribution is -0.173. The third-order valence-electron chi connectivity index (χ3n) is 2.29. The van der Waals surface area contributed by atoms with E-state index in [2.05, 4.69) is 23.9 Å². The summed E-state index contributed by atoms with van der Waals surface area (Å²) in [6.07, 6.45) is -0.300. The van der Waals surface area contributed by atoms with Crippen molar-refractivity contribution in [3.05, 3.63) is 0 Å². The van der Waals surface area contributed by atoms with Gasteiger partial charge in [0.25, 0.3) is 0 Å². The van der Waals surface area contributed by atoms with Gasteiger partial charge < -0.3 is 10.1 Å². The first-order chi connectivity index (χ1) is 7.49. The zero-order valence-corrected chi connectivity index (χ0v) is 10.1. The molecule has 98 valence electrons. The van der Waals surface area contributed by atoms with Gasteiger partial charge in [0.15, 0.2) is 0 Å². The number of halogens is 3. The third-order valence-corrected chi connectivity index (χ3v) is 2.29. The summed E-state index contributed by atoms with van der Waals surface area (Å²) in [6, 6.07) is 0.479. The molecule has 0 aliphatic heterocycles. The van der Waals surface area contributed by atoms with Gasteiger partial charge in [-0.2, -0.15) is 13.2 Å². The minimum absolute atomic E-state index is 0.162. The Hall–Kier alpha value is -0.290. The Balaban J connectivity index is 3.32. The fraction of sp³-hybridized carbons (Fsp3) is 1.00. The van der Waals surface area contributed by atoms with Crippen LogP contribution in [0.2, 0.25) is 0 Å². The highest BCUT2D eigenvalue weighted by molar-refractivity contribution is 4.63. The molecular formula is C11H22F3NO. The van der Waals surface area contributed by atoms with Gasteiger partial charge in [0.2, 0.25) is 0 Å². The Kier molecular flexibility index (Phi) is 8.66. The minimum Gasteiger partial charge on any atom is -0.372 e. The maximum atomic E-state index is 11.7. The molecule has 0 saturated carbocycles. The molecule has 0 amide bonds. The predicted molar refractivity (Wildman–Crippen MR) is 58.5 cm³/mol. The van der Waals surface area contributed by atoms with E-state index in [0.717, 1.165) is 25.8 Å². The molecule has 1 N–H and O–H groups in total. The maximum absolute atomic E-state index is 11.7. The van der Waals surface area contributed by atoms with E-state index in [1.807, 2.05) is 0 Å². The van der Waals surface area contributed by atoms with Gasteiger partial charge in [-0.25, -0.2) is 0 Å². The summed E-state index contributed by atoms with van der Waals surface area (Å²) >= 11 is 0. The van der Waals surface area contributed by atoms with E-state index in [4.69, 9.17) is 0 Å². The summed E-state index contributed by atoms with van der Waals surface area (Å²) in [5, 5.41) is 3.31. The minimum atomic E-state index is -4.21. The molecule has 0 aromatic heterocycles. The van der Waals surface area contributed by atoms with Crippen molar-refractivity contribution in [2.24, 2.45) is 0 Å². The fourth-order valence-corrected chi connectivity index (χ4v) is 1.47. The first-order valence-corrected chi connectivity index (χ1v) is 5.87. The van der Waals surface area contributed by atoms with Crippen LogP contribution in [-0.2, 0) is 4.74 Å². The number of alkyl halides is 3. The summed E-state index contributed by atoms with van der Waals surface area (Å²) < 4.78 is 39.6. The van der Waals surface area contributed by atoms with Gasteiger partial charge in [-0.1, -0.05) is 20.3 Å². The molecule has 0 saturated heterocycles. The summed E-state index contributed by atoms with van der Waals surface area (Å²) in [4.78, 5) is 0. The van der Waals surface area contributed by atoms with Gasteiger partial charge >= 0.3 is 6.18 Å². The van der Waals surface area contributed by atoms with Gasteiger partial charge in [-0.15, -0.1) is 0 Å². The van der Waals surface area contributed by atoms with Crippen molar-refractivity contribution in [3.8, 4) is 0 Å². The predicted octanol–water partition coefficient (Wildman–Crippen LogP) is 3.12. The molecule has 5 heteroatoms. The smallest absolute Gasteiger partial charge is 0.372 e. The molecule has 0 aliphatic carbocycles. The molecule has 0 aromatic rings. The molecule has 0 bridgehead atoms. The molecule has 0 fully saturated rings. The zero-order valence-electron chi connectivity index (χ0n) is 10.1. The molecule has 0 heterocycles. The van der Waals surface area contributed by atoms with E-state index in [9.17, 15) is 13.2 Å². The van der Waals surface area contributed by atoms with Crippen LogP contribution in [0.25, 0.3) is 0 Å². The normalized spacial score (nSPS) is 14.1. The van der Waals surface area contributed by atoms with Crippen LogP contribution in [0.3, 0.4) is 0 Å². The fourth-order valence-electron chi connectivity index (χ4n) is 1.47. The van der Waals surface area contributed by atoms with Crippen molar-refractivity contribution in [3.63, 3.8) is 0 Å². The van der Waals surface area contributed by atoms with Crippen LogP contribution in [0, 0.1) is 0 Å². The van der Waals surface area contributed by atoms with Crippen molar-refractivity contribution >= 4 is 0 Å². The standard InChI is InChI=1S/C11H22F3NO/c1-3-6-10(4-2)15-7-5-8-16-9-11(12,13)14/h10,15H,3-9H2,1-2H3. The molecule has 0 rings (SSSR count). The van der Waals surface area contributed by atoms with E-state index < -0.39 is 12.8 Å². The maximum Gasteiger partial charge on any atom is 0.411 e. The quantitative estimate of drug-likeness (QED) is 0.626. The van der Waals surface area contributed by atoms with Crippen LogP contribution in [0.15, 0.2) is 0 Å². The number of hydrogen-bond donors (Lipinski definition) is 1. The lowest BCUT2D eigenvalue weighted by atomic mass is 10.1. The molecule has 0 aromatic carbocycles. The number of hydrogen-bond acceptors (Lipinski definition) is 2. The highest BCUT2D eigenvalue weighted by Gasteiger charge is 2.27. The highest BCUT2D eigenvalue weighted by Crippen LogP contribution is 2.14. The van der Waals surface area contributed by atoms with E-state index in [0.29, 0.717) is 12.5 Å². The van der Waals surface area contributed by atoms with Gasteiger partial charge in [0.1, 0.15) is 6.61 Å². The number of nitrogens with one attached hydrogen (secondary N) is 1. The molecule has 1 atom stereocenters. The van der Waals surface area contributed by atoms with Crippen molar-refractivity contribution in [1.82, 2.24) is 5.32 Å². The molecular weight excluding hydrogens is 219 g/mol. The Morgan fingerprint density at radius 3 is 2.44 bits per heavy atom. The SMILES string of the molecule is CCCC(CC)NCCCOCC(F)(F)F. The second-order valence-corrected chi connectivity index (χ2v) is 3.87. The Morgan fingerprint density at radius 2 is 1.94 bits per heavy atom. The van der Waals surface area contributed by atoms with Crippen LogP contribution in [0.5, 0.6) is 0 Å². The topological polar surface area (TPSA) is 21.3 Å². The molecule has 0 aliphatic rings. The monoisotopic (exact) mass is 241 g/mol. The van der Waals surface area contributed by atoms with Gasteiger partial charge in [-0.3, -0.25) is 0 Å². The lowest BCUT2D eigenvalue weighted by Crippen LogP contribution is -2.30. The van der Waals surface area contributed by atoms with Crippen LogP contribution < -0.4 is 5.32 Å². The van der Waals surface area contributed by atoms with Crippen molar-refractivity contribution in [2.45, 2.75) is 51.7 Å².